The minimum Gasteiger partial charge on any atom is -0.258 e. The van der Waals surface area contributed by atoms with E-state index >= 15 is 0 Å². The lowest BCUT2D eigenvalue weighted by Crippen LogP contribution is -2.16. The molecule has 2 N–H and O–H groups in total. The van der Waals surface area contributed by atoms with E-state index in [-0.39, 0.29) is 21.0 Å². The molecule has 0 saturated heterocycles. The lowest BCUT2D eigenvalue weighted by Gasteiger charge is -2.17. The average Bonchev–Trinajstić information content (AvgIpc) is 3.41. The molecular weight excluding hydrogens is 440 g/mol. The van der Waals surface area contributed by atoms with Crippen LogP contribution in [0.4, 0.5) is 11.5 Å². The number of azo groups is 1. The second-order valence-electron chi connectivity index (χ2n) is 9.99. The van der Waals surface area contributed by atoms with Crippen molar-refractivity contribution in [2.45, 2.75) is 69.1 Å². The van der Waals surface area contributed by atoms with Gasteiger partial charge in [-0.1, -0.05) is 59.7 Å². The molecule has 0 bridgehead atoms. The number of benzene rings is 1. The second kappa shape index (κ2) is 7.62. The van der Waals surface area contributed by atoms with E-state index < -0.39 is 15.3 Å². The lowest BCUT2D eigenvalue weighted by molar-refractivity contribution is 0.546. The smallest absolute Gasteiger partial charge is 0.212 e. The van der Waals surface area contributed by atoms with Gasteiger partial charge in [0, 0.05) is 10.8 Å². The number of H-pyrrole nitrogens is 2. The molecule has 0 aliphatic carbocycles. The number of aromatic nitrogens is 6. The Kier molecular flexibility index (Phi) is 5.27. The lowest BCUT2D eigenvalue weighted by atomic mass is 9.91. The minimum atomic E-state index is -3.90. The number of nitrogens with one attached hydrogen (secondary N) is 2. The first kappa shape index (κ1) is 22.8. The van der Waals surface area contributed by atoms with Crippen molar-refractivity contribution >= 4 is 27.0 Å². The van der Waals surface area contributed by atoms with Crippen molar-refractivity contribution in [3.63, 3.8) is 0 Å². The summed E-state index contributed by atoms with van der Waals surface area (Å²) in [6.45, 7) is 13.6. The van der Waals surface area contributed by atoms with Crippen LogP contribution in [0.1, 0.15) is 58.8 Å². The molecule has 0 atom stereocenters. The number of aromatic amines is 2. The Hall–Kier alpha value is -3.34. The molecule has 0 aliphatic rings. The van der Waals surface area contributed by atoms with Crippen molar-refractivity contribution in [2.75, 3.05) is 0 Å². The maximum absolute atomic E-state index is 13.6. The van der Waals surface area contributed by atoms with Crippen LogP contribution in [0, 0.1) is 6.92 Å². The molecule has 3 heterocycles. The molecule has 4 aromatic rings. The quantitative estimate of drug-likeness (QED) is 0.410. The fraction of sp³-hybridized carbons (Fsp3) is 0.409. The molecule has 0 spiro atoms. The standard InChI is InChI=1S/C22H28N8O2S/c1-13-23-28-20-15(17(21(2,3)4)29-30(13)20)24-26-19-16(18(25-27-19)22(5,6)7)33(31,32)14-11-9-8-10-12-14/h8-12,28H,1-7H3,(H,25,27). The zero-order valence-electron chi connectivity index (χ0n) is 19.8. The third-order valence-corrected chi connectivity index (χ3v) is 7.00. The van der Waals surface area contributed by atoms with E-state index in [9.17, 15) is 8.42 Å². The van der Waals surface area contributed by atoms with Crippen LogP contribution >= 0.6 is 0 Å². The Balaban J connectivity index is 1.92. The van der Waals surface area contributed by atoms with Gasteiger partial charge in [-0.15, -0.1) is 10.2 Å². The first-order chi connectivity index (χ1) is 15.3. The van der Waals surface area contributed by atoms with Crippen LogP contribution < -0.4 is 0 Å². The highest BCUT2D eigenvalue weighted by Gasteiger charge is 2.34. The van der Waals surface area contributed by atoms with E-state index in [0.29, 0.717) is 28.5 Å². The topological polar surface area (TPSA) is 134 Å². The number of fused-ring (bicyclic) bond motifs is 1. The third-order valence-electron chi connectivity index (χ3n) is 5.19. The molecule has 33 heavy (non-hydrogen) atoms. The summed E-state index contributed by atoms with van der Waals surface area (Å²) in [5, 5.41) is 27.7. The molecule has 0 aliphatic heterocycles. The summed E-state index contributed by atoms with van der Waals surface area (Å²) in [6.07, 6.45) is 0. The predicted octanol–water partition coefficient (Wildman–Crippen LogP) is 4.93. The van der Waals surface area contributed by atoms with Gasteiger partial charge < -0.3 is 0 Å². The molecule has 11 heteroatoms. The van der Waals surface area contributed by atoms with Gasteiger partial charge in [0.15, 0.2) is 17.2 Å². The van der Waals surface area contributed by atoms with Gasteiger partial charge in [-0.2, -0.15) is 19.8 Å². The zero-order chi connectivity index (χ0) is 24.2. The summed E-state index contributed by atoms with van der Waals surface area (Å²) in [6, 6.07) is 8.25. The Morgan fingerprint density at radius 2 is 1.52 bits per heavy atom. The van der Waals surface area contributed by atoms with Crippen molar-refractivity contribution < 1.29 is 8.42 Å². The molecule has 0 amide bonds. The van der Waals surface area contributed by atoms with Crippen LogP contribution in [0.25, 0.3) is 5.65 Å². The average molecular weight is 469 g/mol. The highest BCUT2D eigenvalue weighted by molar-refractivity contribution is 7.91. The van der Waals surface area contributed by atoms with Crippen molar-refractivity contribution in [1.82, 2.24) is 30.0 Å². The van der Waals surface area contributed by atoms with Crippen LogP contribution in [-0.4, -0.2) is 38.4 Å². The van der Waals surface area contributed by atoms with Gasteiger partial charge in [0.2, 0.25) is 9.84 Å². The number of nitrogens with zero attached hydrogens (tertiary/aromatic N) is 6. The molecule has 0 radical (unpaired) electrons. The van der Waals surface area contributed by atoms with Gasteiger partial charge in [-0.25, -0.2) is 8.42 Å². The molecule has 3 aromatic heterocycles. The number of hydrogen-bond acceptors (Lipinski definition) is 7. The van der Waals surface area contributed by atoms with E-state index in [4.69, 9.17) is 0 Å². The van der Waals surface area contributed by atoms with Crippen LogP contribution in [0.2, 0.25) is 0 Å². The normalized spacial score (nSPS) is 13.4. The highest BCUT2D eigenvalue weighted by atomic mass is 32.2. The van der Waals surface area contributed by atoms with Crippen molar-refractivity contribution in [3.8, 4) is 0 Å². The van der Waals surface area contributed by atoms with Gasteiger partial charge >= 0.3 is 0 Å². The summed E-state index contributed by atoms with van der Waals surface area (Å²) in [7, 11) is -3.90. The Labute approximate surface area is 192 Å². The molecule has 1 aromatic carbocycles. The molecule has 0 fully saturated rings. The number of hydrogen-bond donors (Lipinski definition) is 2. The van der Waals surface area contributed by atoms with Crippen LogP contribution in [0.3, 0.4) is 0 Å². The van der Waals surface area contributed by atoms with Crippen LogP contribution in [0.15, 0.2) is 50.4 Å². The Morgan fingerprint density at radius 1 is 0.879 bits per heavy atom. The Morgan fingerprint density at radius 3 is 2.12 bits per heavy atom. The number of sulfone groups is 1. The SMILES string of the molecule is Cc1n[nH]c2c(N=Nc3[nH]nc(C(C)(C)C)c3S(=O)(=O)c3ccccc3)c(C(C)(C)C)nn12. The van der Waals surface area contributed by atoms with E-state index in [1.807, 2.05) is 48.5 Å². The van der Waals surface area contributed by atoms with E-state index in [1.54, 1.807) is 34.8 Å². The van der Waals surface area contributed by atoms with Gasteiger partial charge in [-0.3, -0.25) is 10.2 Å². The maximum Gasteiger partial charge on any atom is 0.212 e. The highest BCUT2D eigenvalue weighted by Crippen LogP contribution is 2.39. The monoisotopic (exact) mass is 468 g/mol. The summed E-state index contributed by atoms with van der Waals surface area (Å²) in [5.74, 6) is 0.750. The minimum absolute atomic E-state index is 0.0199. The zero-order valence-corrected chi connectivity index (χ0v) is 20.6. The summed E-state index contributed by atoms with van der Waals surface area (Å²) >= 11 is 0. The van der Waals surface area contributed by atoms with Crippen molar-refractivity contribution in [1.29, 1.82) is 0 Å². The summed E-state index contributed by atoms with van der Waals surface area (Å²) < 4.78 is 28.9. The molecule has 10 nitrogen and oxygen atoms in total. The largest absolute Gasteiger partial charge is 0.258 e. The second-order valence-corrected chi connectivity index (χ2v) is 11.9. The fourth-order valence-electron chi connectivity index (χ4n) is 3.50. The number of aryl methyl sites for hydroxylation is 1. The van der Waals surface area contributed by atoms with Crippen molar-refractivity contribution in [2.24, 2.45) is 10.2 Å². The van der Waals surface area contributed by atoms with Crippen molar-refractivity contribution in [3.05, 3.63) is 47.5 Å². The van der Waals surface area contributed by atoms with Gasteiger partial charge in [0.25, 0.3) is 0 Å². The van der Waals surface area contributed by atoms with Gasteiger partial charge in [-0.05, 0) is 19.1 Å². The molecule has 0 unspecified atom stereocenters. The molecule has 174 valence electrons. The predicted molar refractivity (Wildman–Crippen MR) is 124 cm³/mol. The van der Waals surface area contributed by atoms with E-state index in [0.717, 1.165) is 0 Å². The molecule has 0 saturated carbocycles. The van der Waals surface area contributed by atoms with E-state index in [2.05, 4.69) is 35.7 Å². The summed E-state index contributed by atoms with van der Waals surface area (Å²) in [5.41, 5.74) is 1.34. The van der Waals surface area contributed by atoms with Gasteiger partial charge in [0.1, 0.15) is 10.7 Å². The Bertz CT molecular complexity index is 1450. The van der Waals surface area contributed by atoms with Crippen LogP contribution in [0.5, 0.6) is 0 Å². The van der Waals surface area contributed by atoms with Crippen LogP contribution in [-0.2, 0) is 20.7 Å². The number of rotatable bonds is 4. The first-order valence-corrected chi connectivity index (χ1v) is 12.0. The first-order valence-electron chi connectivity index (χ1n) is 10.6. The third kappa shape index (κ3) is 3.97. The molecule has 4 rings (SSSR count). The van der Waals surface area contributed by atoms with E-state index in [1.165, 1.54) is 0 Å². The molecular formula is C22H28N8O2S. The maximum atomic E-state index is 13.6. The van der Waals surface area contributed by atoms with Gasteiger partial charge in [0.05, 0.1) is 16.3 Å². The fourth-order valence-corrected chi connectivity index (χ4v) is 5.19. The summed E-state index contributed by atoms with van der Waals surface area (Å²) in [4.78, 5) is 0.187.